The highest BCUT2D eigenvalue weighted by molar-refractivity contribution is 5.10. The molecule has 2 fully saturated rings. The Morgan fingerprint density at radius 3 is 2.22 bits per heavy atom. The van der Waals surface area contributed by atoms with E-state index in [0.717, 1.165) is 25.7 Å². The van der Waals surface area contributed by atoms with Crippen LogP contribution < -0.4 is 5.32 Å². The van der Waals surface area contributed by atoms with Crippen LogP contribution in [0.4, 0.5) is 13.2 Å². The second-order valence-electron chi connectivity index (χ2n) is 5.61. The molecule has 2 rings (SSSR count). The number of nitriles is 1. The molecule has 0 heterocycles. The van der Waals surface area contributed by atoms with E-state index in [2.05, 4.69) is 11.4 Å². The van der Waals surface area contributed by atoms with Crippen molar-refractivity contribution < 1.29 is 13.2 Å². The molecule has 0 aromatic heterocycles. The lowest BCUT2D eigenvalue weighted by Crippen LogP contribution is -2.53. The molecule has 2 saturated carbocycles. The molecule has 0 amide bonds. The van der Waals surface area contributed by atoms with Gasteiger partial charge >= 0.3 is 6.18 Å². The summed E-state index contributed by atoms with van der Waals surface area (Å²) >= 11 is 0. The van der Waals surface area contributed by atoms with Gasteiger partial charge in [-0.1, -0.05) is 0 Å². The fourth-order valence-electron chi connectivity index (χ4n) is 2.18. The topological polar surface area (TPSA) is 39.1 Å². The van der Waals surface area contributed by atoms with Crippen molar-refractivity contribution in [3.8, 4) is 6.07 Å². The van der Waals surface area contributed by atoms with Crippen molar-refractivity contribution in [2.24, 2.45) is 0 Å². The molecule has 102 valence electrons. The SMILES string of the molecule is CC(C#N)(CN(CC(F)(F)F)C1CC1)NC1CC1. The van der Waals surface area contributed by atoms with Crippen LogP contribution in [0.2, 0.25) is 0 Å². The molecule has 0 aromatic rings. The maximum absolute atomic E-state index is 12.5. The highest BCUT2D eigenvalue weighted by Crippen LogP contribution is 2.32. The van der Waals surface area contributed by atoms with E-state index in [-0.39, 0.29) is 12.6 Å². The van der Waals surface area contributed by atoms with Gasteiger partial charge in [0.2, 0.25) is 0 Å². The van der Waals surface area contributed by atoms with Crippen molar-refractivity contribution in [3.05, 3.63) is 0 Å². The first-order valence-corrected chi connectivity index (χ1v) is 6.31. The Bertz CT molecular complexity index is 341. The Labute approximate surface area is 105 Å². The molecule has 1 N–H and O–H groups in total. The average molecular weight is 261 g/mol. The molecule has 0 aromatic carbocycles. The Hall–Kier alpha value is -0.800. The van der Waals surface area contributed by atoms with Crippen LogP contribution in [0, 0.1) is 11.3 Å². The van der Waals surface area contributed by atoms with Crippen LogP contribution in [0.25, 0.3) is 0 Å². The normalized spacial score (nSPS) is 23.8. The maximum atomic E-state index is 12.5. The van der Waals surface area contributed by atoms with Gasteiger partial charge in [0, 0.05) is 18.6 Å². The van der Waals surface area contributed by atoms with Crippen molar-refractivity contribution in [1.29, 1.82) is 5.26 Å². The Balaban J connectivity index is 1.95. The minimum atomic E-state index is -4.20. The number of nitrogens with one attached hydrogen (secondary N) is 1. The molecule has 0 saturated heterocycles. The lowest BCUT2D eigenvalue weighted by molar-refractivity contribution is -0.148. The summed E-state index contributed by atoms with van der Waals surface area (Å²) in [6.07, 6.45) is -0.555. The van der Waals surface area contributed by atoms with Crippen LogP contribution in [0.1, 0.15) is 32.6 Å². The standard InChI is InChI=1S/C12H18F3N3/c1-11(6-16,17-9-2-3-9)7-18(10-4-5-10)8-12(13,14)15/h9-10,17H,2-5,7-8H2,1H3. The zero-order valence-corrected chi connectivity index (χ0v) is 10.4. The van der Waals surface area contributed by atoms with E-state index in [0.29, 0.717) is 6.04 Å². The fraction of sp³-hybridized carbons (Fsp3) is 0.917. The van der Waals surface area contributed by atoms with E-state index >= 15 is 0 Å². The highest BCUT2D eigenvalue weighted by atomic mass is 19.4. The maximum Gasteiger partial charge on any atom is 0.401 e. The largest absolute Gasteiger partial charge is 0.401 e. The van der Waals surface area contributed by atoms with Crippen LogP contribution in [-0.2, 0) is 0 Å². The van der Waals surface area contributed by atoms with E-state index in [1.165, 1.54) is 4.90 Å². The van der Waals surface area contributed by atoms with Gasteiger partial charge in [-0.05, 0) is 32.6 Å². The van der Waals surface area contributed by atoms with E-state index in [1.807, 2.05) is 0 Å². The van der Waals surface area contributed by atoms with Gasteiger partial charge in [-0.3, -0.25) is 10.2 Å². The summed E-state index contributed by atoms with van der Waals surface area (Å²) in [7, 11) is 0. The third kappa shape index (κ3) is 4.14. The van der Waals surface area contributed by atoms with E-state index in [9.17, 15) is 18.4 Å². The van der Waals surface area contributed by atoms with Crippen LogP contribution in [0.15, 0.2) is 0 Å². The second kappa shape index (κ2) is 4.71. The van der Waals surface area contributed by atoms with Crippen LogP contribution in [0.5, 0.6) is 0 Å². The van der Waals surface area contributed by atoms with Gasteiger partial charge in [0.15, 0.2) is 0 Å². The molecule has 3 nitrogen and oxygen atoms in total. The molecule has 0 bridgehead atoms. The molecule has 2 aliphatic rings. The number of nitrogens with zero attached hydrogens (tertiary/aromatic N) is 2. The second-order valence-corrected chi connectivity index (χ2v) is 5.61. The first kappa shape index (κ1) is 13.6. The van der Waals surface area contributed by atoms with Crippen molar-refractivity contribution in [3.63, 3.8) is 0 Å². The van der Waals surface area contributed by atoms with Gasteiger partial charge in [0.05, 0.1) is 12.6 Å². The molecule has 0 aliphatic heterocycles. The Kier molecular flexibility index (Phi) is 3.56. The number of hydrogen-bond acceptors (Lipinski definition) is 3. The first-order chi connectivity index (χ1) is 8.31. The molecule has 2 aliphatic carbocycles. The van der Waals surface area contributed by atoms with Crippen molar-refractivity contribution in [2.45, 2.75) is 56.4 Å². The summed E-state index contributed by atoms with van der Waals surface area (Å²) in [5.74, 6) is 0. The molecular weight excluding hydrogens is 243 g/mol. The number of alkyl halides is 3. The summed E-state index contributed by atoms with van der Waals surface area (Å²) < 4.78 is 37.5. The van der Waals surface area contributed by atoms with Crippen molar-refractivity contribution in [1.82, 2.24) is 10.2 Å². The monoisotopic (exact) mass is 261 g/mol. The van der Waals surface area contributed by atoms with E-state index in [1.54, 1.807) is 6.92 Å². The summed E-state index contributed by atoms with van der Waals surface area (Å²) in [4.78, 5) is 1.40. The smallest absolute Gasteiger partial charge is 0.296 e. The molecule has 0 spiro atoms. The quantitative estimate of drug-likeness (QED) is 0.795. The molecular formula is C12H18F3N3. The number of rotatable bonds is 6. The van der Waals surface area contributed by atoms with Crippen LogP contribution >= 0.6 is 0 Å². The van der Waals surface area contributed by atoms with Gasteiger partial charge < -0.3 is 0 Å². The zero-order valence-electron chi connectivity index (χ0n) is 10.4. The molecule has 1 unspecified atom stereocenters. The van der Waals surface area contributed by atoms with Crippen molar-refractivity contribution >= 4 is 0 Å². The average Bonchev–Trinajstić information content (AvgIpc) is 3.09. The summed E-state index contributed by atoms with van der Waals surface area (Å²) in [6, 6.07) is 2.44. The summed E-state index contributed by atoms with van der Waals surface area (Å²) in [5, 5.41) is 12.3. The van der Waals surface area contributed by atoms with Crippen LogP contribution in [-0.4, -0.2) is 41.8 Å². The van der Waals surface area contributed by atoms with Gasteiger partial charge in [-0.2, -0.15) is 18.4 Å². The number of hydrogen-bond donors (Lipinski definition) is 1. The predicted molar refractivity (Wildman–Crippen MR) is 60.8 cm³/mol. The summed E-state index contributed by atoms with van der Waals surface area (Å²) in [5.41, 5.74) is -0.880. The van der Waals surface area contributed by atoms with E-state index in [4.69, 9.17) is 0 Å². The predicted octanol–water partition coefficient (Wildman–Crippen LogP) is 2.05. The molecule has 0 radical (unpaired) electrons. The Morgan fingerprint density at radius 2 is 1.83 bits per heavy atom. The van der Waals surface area contributed by atoms with Crippen molar-refractivity contribution in [2.75, 3.05) is 13.1 Å². The van der Waals surface area contributed by atoms with Gasteiger partial charge in [-0.25, -0.2) is 0 Å². The van der Waals surface area contributed by atoms with Crippen LogP contribution in [0.3, 0.4) is 0 Å². The Morgan fingerprint density at radius 1 is 1.22 bits per heavy atom. The minimum Gasteiger partial charge on any atom is -0.296 e. The highest BCUT2D eigenvalue weighted by Gasteiger charge is 2.42. The first-order valence-electron chi connectivity index (χ1n) is 6.31. The molecule has 18 heavy (non-hydrogen) atoms. The van der Waals surface area contributed by atoms with Gasteiger partial charge in [-0.15, -0.1) is 0 Å². The van der Waals surface area contributed by atoms with Gasteiger partial charge in [0.1, 0.15) is 5.54 Å². The molecule has 1 atom stereocenters. The third-order valence-electron chi connectivity index (χ3n) is 3.31. The molecule has 6 heteroatoms. The fourth-order valence-corrected chi connectivity index (χ4v) is 2.18. The zero-order chi connectivity index (χ0) is 13.4. The number of halogens is 3. The van der Waals surface area contributed by atoms with Gasteiger partial charge in [0.25, 0.3) is 0 Å². The van der Waals surface area contributed by atoms with E-state index < -0.39 is 18.3 Å². The summed E-state index contributed by atoms with van der Waals surface area (Å²) in [6.45, 7) is 0.919. The minimum absolute atomic E-state index is 0.000281. The lowest BCUT2D eigenvalue weighted by Gasteiger charge is -2.32. The lowest BCUT2D eigenvalue weighted by atomic mass is 10.0. The third-order valence-corrected chi connectivity index (χ3v) is 3.31.